The van der Waals surface area contributed by atoms with Gasteiger partial charge in [-0.1, -0.05) is 18.2 Å². The Morgan fingerprint density at radius 1 is 1.14 bits per heavy atom. The summed E-state index contributed by atoms with van der Waals surface area (Å²) < 4.78 is 6.85. The molecule has 0 aliphatic rings. The summed E-state index contributed by atoms with van der Waals surface area (Å²) in [5, 5.41) is 8.10. The summed E-state index contributed by atoms with van der Waals surface area (Å²) in [6.07, 6.45) is 0. The molecule has 0 bridgehead atoms. The molecule has 4 rings (SSSR count). The van der Waals surface area contributed by atoms with Gasteiger partial charge in [0.05, 0.1) is 23.1 Å². The van der Waals surface area contributed by atoms with Crippen molar-refractivity contribution in [3.63, 3.8) is 0 Å². The van der Waals surface area contributed by atoms with E-state index in [0.717, 1.165) is 16.1 Å². The van der Waals surface area contributed by atoms with Gasteiger partial charge in [0.2, 0.25) is 0 Å². The van der Waals surface area contributed by atoms with Crippen LogP contribution in [0.2, 0.25) is 0 Å². The molecule has 4 aromatic rings. The van der Waals surface area contributed by atoms with E-state index >= 15 is 0 Å². The number of fused-ring (bicyclic) bond motifs is 1. The Morgan fingerprint density at radius 3 is 2.52 bits per heavy atom. The van der Waals surface area contributed by atoms with E-state index in [9.17, 15) is 9.59 Å². The fourth-order valence-electron chi connectivity index (χ4n) is 3.01. The normalized spacial score (nSPS) is 10.8. The van der Waals surface area contributed by atoms with Crippen molar-refractivity contribution in [3.8, 4) is 11.4 Å². The number of para-hydroxylation sites is 1. The first-order valence-electron chi connectivity index (χ1n) is 8.81. The monoisotopic (exact) mass is 406 g/mol. The Morgan fingerprint density at radius 2 is 1.86 bits per heavy atom. The summed E-state index contributed by atoms with van der Waals surface area (Å²) in [7, 11) is 1.57. The molecule has 0 radical (unpaired) electrons. The summed E-state index contributed by atoms with van der Waals surface area (Å²) in [5.74, 6) is 0.204. The molecule has 0 saturated carbocycles. The van der Waals surface area contributed by atoms with Gasteiger partial charge in [-0.25, -0.2) is 4.68 Å². The lowest BCUT2D eigenvalue weighted by Gasteiger charge is -2.06. The molecule has 0 unspecified atom stereocenters. The van der Waals surface area contributed by atoms with Crippen molar-refractivity contribution in [2.45, 2.75) is 6.92 Å². The number of methoxy groups -OCH3 is 1. The highest BCUT2D eigenvalue weighted by atomic mass is 32.1. The van der Waals surface area contributed by atoms with Crippen LogP contribution in [0.3, 0.4) is 0 Å². The van der Waals surface area contributed by atoms with Crippen LogP contribution in [0.15, 0.2) is 54.6 Å². The van der Waals surface area contributed by atoms with E-state index in [2.05, 4.69) is 10.4 Å². The quantitative estimate of drug-likeness (QED) is 0.527. The van der Waals surface area contributed by atoms with Gasteiger partial charge in [-0.2, -0.15) is 0 Å². The molecule has 0 spiro atoms. The van der Waals surface area contributed by atoms with Crippen molar-refractivity contribution >= 4 is 39.2 Å². The lowest BCUT2D eigenvalue weighted by molar-refractivity contribution is 0.100. The Labute approximate surface area is 170 Å². The van der Waals surface area contributed by atoms with Crippen molar-refractivity contribution in [2.24, 2.45) is 5.73 Å². The van der Waals surface area contributed by atoms with Crippen LogP contribution in [0.25, 0.3) is 15.9 Å². The smallest absolute Gasteiger partial charge is 0.258 e. The first kappa shape index (κ1) is 18.7. The Balaban J connectivity index is 1.78. The molecule has 0 saturated heterocycles. The minimum absolute atomic E-state index is 0.309. The van der Waals surface area contributed by atoms with Gasteiger partial charge in [0.25, 0.3) is 11.8 Å². The Hall–Kier alpha value is -3.65. The molecule has 146 valence electrons. The van der Waals surface area contributed by atoms with E-state index < -0.39 is 5.91 Å². The highest BCUT2D eigenvalue weighted by Gasteiger charge is 2.20. The molecular weight excluding hydrogens is 388 g/mol. The van der Waals surface area contributed by atoms with Crippen LogP contribution in [0, 0.1) is 6.92 Å². The fraction of sp³-hybridized carbons (Fsp3) is 0.0952. The number of nitrogens with two attached hydrogens (primary N) is 1. The number of benzene rings is 2. The number of anilines is 1. The van der Waals surface area contributed by atoms with Gasteiger partial charge in [0.15, 0.2) is 5.82 Å². The third kappa shape index (κ3) is 3.45. The number of amides is 2. The molecule has 0 aliphatic carbocycles. The van der Waals surface area contributed by atoms with Gasteiger partial charge in [-0.3, -0.25) is 9.59 Å². The first-order chi connectivity index (χ1) is 14.0. The largest absolute Gasteiger partial charge is 0.497 e. The fourth-order valence-corrected chi connectivity index (χ4v) is 3.98. The second-order valence-corrected chi connectivity index (χ2v) is 7.45. The highest BCUT2D eigenvalue weighted by molar-refractivity contribution is 7.20. The zero-order valence-corrected chi connectivity index (χ0v) is 16.6. The zero-order chi connectivity index (χ0) is 20.5. The minimum atomic E-state index is -0.519. The van der Waals surface area contributed by atoms with Crippen LogP contribution in [-0.2, 0) is 0 Å². The number of hydrogen-bond donors (Lipinski definition) is 2. The number of hydrogen-bond acceptors (Lipinski definition) is 5. The third-order valence-corrected chi connectivity index (χ3v) is 5.66. The number of thiophene rings is 1. The van der Waals surface area contributed by atoms with E-state index in [1.807, 2.05) is 31.2 Å². The maximum absolute atomic E-state index is 12.7. The van der Waals surface area contributed by atoms with Gasteiger partial charge in [0, 0.05) is 5.56 Å². The second-order valence-electron chi connectivity index (χ2n) is 6.42. The maximum atomic E-state index is 12.7. The van der Waals surface area contributed by atoms with E-state index in [-0.39, 0.29) is 5.91 Å². The summed E-state index contributed by atoms with van der Waals surface area (Å²) in [6.45, 7) is 1.97. The third-order valence-electron chi connectivity index (χ3n) is 4.53. The van der Waals surface area contributed by atoms with Crippen molar-refractivity contribution in [1.29, 1.82) is 0 Å². The number of nitrogens with one attached hydrogen (secondary N) is 1. The van der Waals surface area contributed by atoms with Gasteiger partial charge in [-0.05, 0) is 48.9 Å². The topological polar surface area (TPSA) is 99.2 Å². The van der Waals surface area contributed by atoms with Crippen molar-refractivity contribution in [1.82, 2.24) is 9.78 Å². The molecule has 3 N–H and O–H groups in total. The van der Waals surface area contributed by atoms with Crippen LogP contribution in [-0.4, -0.2) is 28.7 Å². The average Bonchev–Trinajstić information content (AvgIpc) is 3.29. The number of aryl methyl sites for hydroxylation is 1. The summed E-state index contributed by atoms with van der Waals surface area (Å²) in [4.78, 5) is 25.6. The lowest BCUT2D eigenvalue weighted by Crippen LogP contribution is -2.13. The molecular formula is C21H18N4O3S. The number of primary amides is 1. The van der Waals surface area contributed by atoms with E-state index in [4.69, 9.17) is 10.5 Å². The van der Waals surface area contributed by atoms with Crippen LogP contribution in [0.4, 0.5) is 5.82 Å². The number of rotatable bonds is 5. The Bertz CT molecular complexity index is 1220. The molecule has 2 amide bonds. The number of aromatic nitrogens is 2. The minimum Gasteiger partial charge on any atom is -0.497 e. The van der Waals surface area contributed by atoms with Crippen LogP contribution in [0.5, 0.6) is 5.75 Å². The number of nitrogens with zero attached hydrogens (tertiary/aromatic N) is 2. The van der Waals surface area contributed by atoms with Crippen LogP contribution >= 0.6 is 11.3 Å². The second kappa shape index (κ2) is 7.40. The molecule has 0 atom stereocenters. The van der Waals surface area contributed by atoms with Crippen molar-refractivity contribution < 1.29 is 14.3 Å². The van der Waals surface area contributed by atoms with Crippen molar-refractivity contribution in [2.75, 3.05) is 12.4 Å². The summed E-state index contributed by atoms with van der Waals surface area (Å²) >= 11 is 1.24. The summed E-state index contributed by atoms with van der Waals surface area (Å²) in [6, 6.07) is 16.2. The van der Waals surface area contributed by atoms with Crippen LogP contribution in [0.1, 0.15) is 25.6 Å². The SMILES string of the molecule is COc1ccc(C(=O)Nc2nn(-c3ccccc3C)c3sc(C(N)=O)cc23)cc1. The zero-order valence-electron chi connectivity index (χ0n) is 15.8. The molecule has 2 aromatic heterocycles. The Kier molecular flexibility index (Phi) is 4.77. The highest BCUT2D eigenvalue weighted by Crippen LogP contribution is 2.34. The number of carbonyl (C=O) groups excluding carboxylic acids is 2. The molecule has 7 nitrogen and oxygen atoms in total. The predicted molar refractivity (Wildman–Crippen MR) is 113 cm³/mol. The molecule has 0 fully saturated rings. The standard InChI is InChI=1S/C21H18N4O3S/c1-12-5-3-4-6-16(12)25-21-15(11-17(29-21)18(22)26)19(24-25)23-20(27)13-7-9-14(28-2)10-8-13/h3-11H,1-2H3,(H2,22,26)(H,23,24,27). The van der Waals surface area contributed by atoms with Gasteiger partial charge < -0.3 is 15.8 Å². The van der Waals surface area contributed by atoms with Gasteiger partial charge in [0.1, 0.15) is 10.6 Å². The average molecular weight is 406 g/mol. The molecule has 29 heavy (non-hydrogen) atoms. The van der Waals surface area contributed by atoms with E-state index in [1.54, 1.807) is 42.1 Å². The molecule has 2 aromatic carbocycles. The maximum Gasteiger partial charge on any atom is 0.258 e. The summed E-state index contributed by atoms with van der Waals surface area (Å²) in [5.41, 5.74) is 7.81. The van der Waals surface area contributed by atoms with Crippen LogP contribution < -0.4 is 15.8 Å². The van der Waals surface area contributed by atoms with E-state index in [1.165, 1.54) is 11.3 Å². The van der Waals surface area contributed by atoms with Gasteiger partial charge in [-0.15, -0.1) is 16.4 Å². The molecule has 2 heterocycles. The first-order valence-corrected chi connectivity index (χ1v) is 9.63. The lowest BCUT2D eigenvalue weighted by atomic mass is 10.2. The number of ether oxygens (including phenoxy) is 1. The molecule has 0 aliphatic heterocycles. The van der Waals surface area contributed by atoms with E-state index in [0.29, 0.717) is 27.4 Å². The predicted octanol–water partition coefficient (Wildman–Crippen LogP) is 3.76. The number of carbonyl (C=O) groups is 2. The molecule has 8 heteroatoms. The van der Waals surface area contributed by atoms with Gasteiger partial charge >= 0.3 is 0 Å². The van der Waals surface area contributed by atoms with Crippen molar-refractivity contribution in [3.05, 3.63) is 70.6 Å².